The minimum Gasteiger partial charge on any atom is -0.491 e. The summed E-state index contributed by atoms with van der Waals surface area (Å²) in [4.78, 5) is 0. The van der Waals surface area contributed by atoms with Crippen LogP contribution in [-0.2, 0) is 4.74 Å². The Morgan fingerprint density at radius 2 is 1.95 bits per heavy atom. The van der Waals surface area contributed by atoms with Crippen LogP contribution in [0.25, 0.3) is 0 Å². The van der Waals surface area contributed by atoms with Crippen molar-refractivity contribution in [2.45, 2.75) is 31.7 Å². The molecule has 0 saturated carbocycles. The molecule has 1 atom stereocenters. The second kappa shape index (κ2) is 8.56. The lowest BCUT2D eigenvalue weighted by Gasteiger charge is -2.23. The zero-order valence-electron chi connectivity index (χ0n) is 11.2. The van der Waals surface area contributed by atoms with Crippen LogP contribution < -0.4 is 10.1 Å². The Bertz CT molecular complexity index is 350. The van der Waals surface area contributed by atoms with Crippen molar-refractivity contribution < 1.29 is 9.47 Å². The van der Waals surface area contributed by atoms with Crippen LogP contribution in [0.1, 0.15) is 25.7 Å². The minimum absolute atomic E-state index is 0.611. The van der Waals surface area contributed by atoms with Crippen molar-refractivity contribution in [1.82, 2.24) is 5.32 Å². The van der Waals surface area contributed by atoms with Crippen LogP contribution in [0.3, 0.4) is 0 Å². The van der Waals surface area contributed by atoms with Gasteiger partial charge in [0.25, 0.3) is 0 Å². The first-order valence-electron chi connectivity index (χ1n) is 7.04. The van der Waals surface area contributed by atoms with E-state index in [1.54, 1.807) is 0 Å². The highest BCUT2D eigenvalue weighted by Crippen LogP contribution is 2.15. The van der Waals surface area contributed by atoms with Crippen LogP contribution in [0.2, 0.25) is 0 Å². The molecule has 1 saturated heterocycles. The molecule has 0 radical (unpaired) electrons. The van der Waals surface area contributed by atoms with E-state index in [9.17, 15) is 0 Å². The number of hydrogen-bond acceptors (Lipinski definition) is 3. The van der Waals surface area contributed by atoms with E-state index in [4.69, 9.17) is 9.47 Å². The highest BCUT2D eigenvalue weighted by atomic mass is 79.9. The molecule has 0 amide bonds. The zero-order valence-corrected chi connectivity index (χ0v) is 12.8. The predicted molar refractivity (Wildman–Crippen MR) is 80.7 cm³/mol. The van der Waals surface area contributed by atoms with E-state index in [2.05, 4.69) is 21.2 Å². The van der Waals surface area contributed by atoms with Gasteiger partial charge in [-0.15, -0.1) is 0 Å². The summed E-state index contributed by atoms with van der Waals surface area (Å²) in [5.41, 5.74) is 0. The Hall–Kier alpha value is -0.580. The summed E-state index contributed by atoms with van der Waals surface area (Å²) in [7, 11) is 0. The van der Waals surface area contributed by atoms with E-state index in [0.717, 1.165) is 29.8 Å². The molecule has 0 aliphatic carbocycles. The Kier molecular flexibility index (Phi) is 6.68. The molecule has 0 bridgehead atoms. The lowest BCUT2D eigenvalue weighted by molar-refractivity contribution is 0.0911. The van der Waals surface area contributed by atoms with Crippen LogP contribution in [0.15, 0.2) is 28.7 Å². The number of piperidine rings is 1. The van der Waals surface area contributed by atoms with Gasteiger partial charge in [0.15, 0.2) is 0 Å². The van der Waals surface area contributed by atoms with E-state index in [-0.39, 0.29) is 0 Å². The van der Waals surface area contributed by atoms with Gasteiger partial charge in [-0.3, -0.25) is 0 Å². The molecule has 1 heterocycles. The van der Waals surface area contributed by atoms with Crippen molar-refractivity contribution in [2.75, 3.05) is 26.4 Å². The summed E-state index contributed by atoms with van der Waals surface area (Å²) in [6.07, 6.45) is 5.07. The van der Waals surface area contributed by atoms with Crippen LogP contribution in [0.4, 0.5) is 0 Å². The smallest absolute Gasteiger partial charge is 0.119 e. The molecule has 1 aliphatic heterocycles. The fourth-order valence-corrected chi connectivity index (χ4v) is 2.51. The Balaban J connectivity index is 1.49. The highest BCUT2D eigenvalue weighted by molar-refractivity contribution is 9.10. The van der Waals surface area contributed by atoms with Crippen molar-refractivity contribution in [3.05, 3.63) is 28.7 Å². The molecule has 1 aromatic rings. The number of ether oxygens (including phenoxy) is 2. The zero-order chi connectivity index (χ0) is 13.3. The quantitative estimate of drug-likeness (QED) is 0.779. The molecule has 1 aliphatic rings. The van der Waals surface area contributed by atoms with Crippen LogP contribution in [0.5, 0.6) is 5.75 Å². The van der Waals surface area contributed by atoms with E-state index in [1.807, 2.05) is 24.3 Å². The summed E-state index contributed by atoms with van der Waals surface area (Å²) < 4.78 is 12.3. The Morgan fingerprint density at radius 1 is 1.11 bits per heavy atom. The summed E-state index contributed by atoms with van der Waals surface area (Å²) in [6, 6.07) is 8.52. The maximum atomic E-state index is 5.61. The van der Waals surface area contributed by atoms with Gasteiger partial charge in [-0.25, -0.2) is 0 Å². The van der Waals surface area contributed by atoms with Gasteiger partial charge in [0.1, 0.15) is 12.4 Å². The number of halogens is 1. The molecular weight excluding hydrogens is 306 g/mol. The SMILES string of the molecule is Brc1ccc(OCCOCCC2CCCCN2)cc1. The van der Waals surface area contributed by atoms with E-state index in [0.29, 0.717) is 19.3 Å². The average Bonchev–Trinajstić information content (AvgIpc) is 2.46. The van der Waals surface area contributed by atoms with Gasteiger partial charge in [-0.05, 0) is 50.1 Å². The Labute approximate surface area is 123 Å². The van der Waals surface area contributed by atoms with Crippen molar-refractivity contribution >= 4 is 15.9 Å². The van der Waals surface area contributed by atoms with E-state index < -0.39 is 0 Å². The summed E-state index contributed by atoms with van der Waals surface area (Å²) in [6.45, 7) is 3.25. The number of rotatable bonds is 7. The van der Waals surface area contributed by atoms with Gasteiger partial charge in [-0.1, -0.05) is 22.4 Å². The second-order valence-corrected chi connectivity index (χ2v) is 5.77. The fourth-order valence-electron chi connectivity index (χ4n) is 2.25. The number of hydrogen-bond donors (Lipinski definition) is 1. The number of benzene rings is 1. The van der Waals surface area contributed by atoms with Crippen LogP contribution in [0, 0.1) is 0 Å². The molecule has 2 rings (SSSR count). The number of nitrogens with one attached hydrogen (secondary N) is 1. The third-order valence-corrected chi connectivity index (χ3v) is 3.86. The minimum atomic E-state index is 0.611. The summed E-state index contributed by atoms with van der Waals surface area (Å²) >= 11 is 3.40. The fraction of sp³-hybridized carbons (Fsp3) is 0.600. The van der Waals surface area contributed by atoms with E-state index in [1.165, 1.54) is 19.3 Å². The van der Waals surface area contributed by atoms with Gasteiger partial charge in [0.2, 0.25) is 0 Å². The average molecular weight is 328 g/mol. The second-order valence-electron chi connectivity index (χ2n) is 4.85. The summed E-state index contributed by atoms with van der Waals surface area (Å²) in [5.74, 6) is 0.890. The summed E-state index contributed by atoms with van der Waals surface area (Å²) in [5, 5.41) is 3.53. The van der Waals surface area contributed by atoms with Gasteiger partial charge >= 0.3 is 0 Å². The molecule has 1 aromatic carbocycles. The molecule has 0 aromatic heterocycles. The monoisotopic (exact) mass is 327 g/mol. The molecule has 106 valence electrons. The first-order chi connectivity index (χ1) is 9.34. The predicted octanol–water partition coefficient (Wildman–Crippen LogP) is 3.38. The largest absolute Gasteiger partial charge is 0.491 e. The van der Waals surface area contributed by atoms with Crippen molar-refractivity contribution in [1.29, 1.82) is 0 Å². The van der Waals surface area contributed by atoms with Crippen molar-refractivity contribution in [2.24, 2.45) is 0 Å². The van der Waals surface area contributed by atoms with Crippen molar-refractivity contribution in [3.63, 3.8) is 0 Å². The molecule has 19 heavy (non-hydrogen) atoms. The van der Waals surface area contributed by atoms with Gasteiger partial charge < -0.3 is 14.8 Å². The van der Waals surface area contributed by atoms with E-state index >= 15 is 0 Å². The third-order valence-electron chi connectivity index (χ3n) is 3.33. The van der Waals surface area contributed by atoms with Gasteiger partial charge in [0.05, 0.1) is 6.61 Å². The molecule has 4 heteroatoms. The molecule has 0 spiro atoms. The normalized spacial score (nSPS) is 19.3. The molecule has 1 fully saturated rings. The first-order valence-corrected chi connectivity index (χ1v) is 7.83. The maximum absolute atomic E-state index is 5.61. The maximum Gasteiger partial charge on any atom is 0.119 e. The van der Waals surface area contributed by atoms with Crippen molar-refractivity contribution in [3.8, 4) is 5.75 Å². The lowest BCUT2D eigenvalue weighted by atomic mass is 10.0. The standard InChI is InChI=1S/C15H22BrNO2/c16-13-4-6-15(7-5-13)19-12-11-18-10-8-14-3-1-2-9-17-14/h4-7,14,17H,1-3,8-12H2. The van der Waals surface area contributed by atoms with Gasteiger partial charge in [0, 0.05) is 17.1 Å². The first kappa shape index (κ1) is 14.8. The lowest BCUT2D eigenvalue weighted by Crippen LogP contribution is -2.34. The molecule has 1 unspecified atom stereocenters. The molecule has 1 N–H and O–H groups in total. The topological polar surface area (TPSA) is 30.5 Å². The third kappa shape index (κ3) is 5.93. The highest BCUT2D eigenvalue weighted by Gasteiger charge is 2.11. The Morgan fingerprint density at radius 3 is 2.68 bits per heavy atom. The molecule has 3 nitrogen and oxygen atoms in total. The van der Waals surface area contributed by atoms with Crippen LogP contribution in [-0.4, -0.2) is 32.4 Å². The molecular formula is C15H22BrNO2. The van der Waals surface area contributed by atoms with Gasteiger partial charge in [-0.2, -0.15) is 0 Å². The van der Waals surface area contributed by atoms with Crippen LogP contribution >= 0.6 is 15.9 Å².